The van der Waals surface area contributed by atoms with E-state index in [9.17, 15) is 8.42 Å². The van der Waals surface area contributed by atoms with Crippen LogP contribution in [0.2, 0.25) is 0 Å². The number of nitrogens with one attached hydrogen (secondary N) is 1. The summed E-state index contributed by atoms with van der Waals surface area (Å²) < 4.78 is 46.4. The van der Waals surface area contributed by atoms with Gasteiger partial charge < -0.3 is 14.6 Å². The lowest BCUT2D eigenvalue weighted by Gasteiger charge is -2.45. The van der Waals surface area contributed by atoms with E-state index in [1.165, 1.54) is 19.1 Å². The number of benzene rings is 2. The summed E-state index contributed by atoms with van der Waals surface area (Å²) in [6.07, 6.45) is 6.52. The van der Waals surface area contributed by atoms with Gasteiger partial charge >= 0.3 is 0 Å². The third-order valence-electron chi connectivity index (χ3n) is 8.15. The number of piperidine rings is 2. The lowest BCUT2D eigenvalue weighted by Crippen LogP contribution is -2.51. The van der Waals surface area contributed by atoms with Crippen LogP contribution in [0, 0.1) is 5.82 Å². The van der Waals surface area contributed by atoms with Crippen molar-refractivity contribution in [3.63, 3.8) is 0 Å². The molecule has 2 aliphatic rings. The average molecular weight is 529 g/mol. The highest BCUT2D eigenvalue weighted by atomic mass is 32.2. The number of sulfone groups is 1. The van der Waals surface area contributed by atoms with E-state index in [1.807, 2.05) is 6.07 Å². The van der Waals surface area contributed by atoms with Gasteiger partial charge in [-0.1, -0.05) is 0 Å². The first-order chi connectivity index (χ1) is 17.8. The van der Waals surface area contributed by atoms with Gasteiger partial charge in [0.2, 0.25) is 0 Å². The standard InChI is InChI=1S/C28H37FN4O3S/c1-32-27-25(29)17-21(18-26(27)31-28(32)19-4-6-24(7-5-19)37(3,34)35)20-10-14-33(22-8-12-30-13-9-22)23(16-20)11-15-36-2/h4-7,17-18,20,22-23,30H,8-16H2,1-3H3/t20?,23-/m0/s1. The summed E-state index contributed by atoms with van der Waals surface area (Å²) in [7, 11) is 0.273. The first-order valence-corrected chi connectivity index (χ1v) is 15.1. The molecule has 0 spiro atoms. The molecule has 2 saturated heterocycles. The van der Waals surface area contributed by atoms with Gasteiger partial charge in [-0.2, -0.15) is 0 Å². The van der Waals surface area contributed by atoms with E-state index in [0.29, 0.717) is 28.9 Å². The van der Waals surface area contributed by atoms with Crippen LogP contribution in [0.1, 0.15) is 43.6 Å². The van der Waals surface area contributed by atoms with Crippen molar-refractivity contribution in [1.82, 2.24) is 19.8 Å². The molecule has 3 heterocycles. The Bertz CT molecular complexity index is 1350. The zero-order valence-corrected chi connectivity index (χ0v) is 22.7. The normalized spacial score (nSPS) is 22.1. The first kappa shape index (κ1) is 26.3. The SMILES string of the molecule is COCC[C@H]1CC(c2cc(F)c3c(c2)nc(-c2ccc(S(C)(=O)=O)cc2)n3C)CCN1C1CCNCC1. The molecule has 0 aliphatic carbocycles. The number of aryl methyl sites for hydroxylation is 1. The average Bonchev–Trinajstić information content (AvgIpc) is 3.24. The van der Waals surface area contributed by atoms with E-state index in [4.69, 9.17) is 9.72 Å². The van der Waals surface area contributed by atoms with Crippen molar-refractivity contribution in [2.24, 2.45) is 7.05 Å². The molecule has 2 atom stereocenters. The molecule has 3 aromatic rings. The monoisotopic (exact) mass is 528 g/mol. The van der Waals surface area contributed by atoms with E-state index in [-0.39, 0.29) is 16.6 Å². The fourth-order valence-corrected chi connectivity index (χ4v) is 6.82. The van der Waals surface area contributed by atoms with Gasteiger partial charge in [-0.3, -0.25) is 4.90 Å². The maximum absolute atomic E-state index is 15.5. The summed E-state index contributed by atoms with van der Waals surface area (Å²) in [5.41, 5.74) is 2.86. The van der Waals surface area contributed by atoms with Crippen molar-refractivity contribution in [1.29, 1.82) is 0 Å². The summed E-state index contributed by atoms with van der Waals surface area (Å²) in [6, 6.07) is 11.4. The summed E-state index contributed by atoms with van der Waals surface area (Å²) in [5, 5.41) is 3.47. The van der Waals surface area contributed by atoms with Crippen molar-refractivity contribution in [3.8, 4) is 11.4 Å². The van der Waals surface area contributed by atoms with Crippen LogP contribution < -0.4 is 5.32 Å². The smallest absolute Gasteiger partial charge is 0.175 e. The first-order valence-electron chi connectivity index (χ1n) is 13.2. The fraction of sp³-hybridized carbons (Fsp3) is 0.536. The van der Waals surface area contributed by atoms with Crippen LogP contribution >= 0.6 is 0 Å². The number of halogens is 1. The highest BCUT2D eigenvalue weighted by molar-refractivity contribution is 7.90. The Kier molecular flexibility index (Phi) is 7.68. The molecular formula is C28H37FN4O3S. The van der Waals surface area contributed by atoms with Crippen LogP contribution in [0.4, 0.5) is 4.39 Å². The molecule has 9 heteroatoms. The second-order valence-corrected chi connectivity index (χ2v) is 12.6. The Morgan fingerprint density at radius 1 is 1.14 bits per heavy atom. The van der Waals surface area contributed by atoms with Gasteiger partial charge in [0.1, 0.15) is 17.2 Å². The van der Waals surface area contributed by atoms with Gasteiger partial charge in [-0.05, 0) is 99.6 Å². The molecule has 2 aromatic carbocycles. The van der Waals surface area contributed by atoms with Crippen LogP contribution in [0.3, 0.4) is 0 Å². The molecule has 2 fully saturated rings. The minimum atomic E-state index is -3.28. The van der Waals surface area contributed by atoms with Crippen molar-refractivity contribution >= 4 is 20.9 Å². The molecule has 37 heavy (non-hydrogen) atoms. The quantitative estimate of drug-likeness (QED) is 0.497. The maximum Gasteiger partial charge on any atom is 0.175 e. The van der Waals surface area contributed by atoms with Crippen LogP contribution in [0.25, 0.3) is 22.4 Å². The van der Waals surface area contributed by atoms with Crippen molar-refractivity contribution < 1.29 is 17.5 Å². The lowest BCUT2D eigenvalue weighted by molar-refractivity contribution is 0.0467. The molecule has 0 bridgehead atoms. The second kappa shape index (κ2) is 10.8. The summed E-state index contributed by atoms with van der Waals surface area (Å²) in [4.78, 5) is 7.72. The third-order valence-corrected chi connectivity index (χ3v) is 9.28. The van der Waals surface area contributed by atoms with Gasteiger partial charge in [-0.15, -0.1) is 0 Å². The van der Waals surface area contributed by atoms with Crippen LogP contribution in [-0.2, 0) is 21.6 Å². The number of methoxy groups -OCH3 is 1. The molecule has 1 aromatic heterocycles. The topological polar surface area (TPSA) is 76.5 Å². The number of rotatable bonds is 7. The molecule has 0 saturated carbocycles. The number of hydrogen-bond donors (Lipinski definition) is 1. The number of ether oxygens (including phenoxy) is 1. The Morgan fingerprint density at radius 3 is 2.54 bits per heavy atom. The Morgan fingerprint density at radius 2 is 1.86 bits per heavy atom. The number of imidazole rings is 1. The lowest BCUT2D eigenvalue weighted by atomic mass is 9.82. The summed E-state index contributed by atoms with van der Waals surface area (Å²) >= 11 is 0. The molecule has 200 valence electrons. The molecule has 1 N–H and O–H groups in total. The van der Waals surface area contributed by atoms with Crippen LogP contribution in [-0.4, -0.2) is 74.6 Å². The van der Waals surface area contributed by atoms with Crippen molar-refractivity contribution in [2.45, 2.75) is 55.0 Å². The van der Waals surface area contributed by atoms with E-state index >= 15 is 4.39 Å². The van der Waals surface area contributed by atoms with Gasteiger partial charge in [-0.25, -0.2) is 17.8 Å². The zero-order valence-electron chi connectivity index (χ0n) is 21.9. The number of fused-ring (bicyclic) bond motifs is 1. The van der Waals surface area contributed by atoms with Gasteiger partial charge in [0.15, 0.2) is 9.84 Å². The predicted molar refractivity (Wildman–Crippen MR) is 144 cm³/mol. The van der Waals surface area contributed by atoms with Crippen LogP contribution in [0.5, 0.6) is 0 Å². The minimum absolute atomic E-state index is 0.252. The van der Waals surface area contributed by atoms with E-state index in [2.05, 4.69) is 10.2 Å². The minimum Gasteiger partial charge on any atom is -0.385 e. The van der Waals surface area contributed by atoms with Crippen molar-refractivity contribution in [2.75, 3.05) is 39.6 Å². The highest BCUT2D eigenvalue weighted by Gasteiger charge is 2.34. The zero-order chi connectivity index (χ0) is 26.2. The second-order valence-electron chi connectivity index (χ2n) is 10.5. The van der Waals surface area contributed by atoms with E-state index in [0.717, 1.165) is 56.6 Å². The fourth-order valence-electron chi connectivity index (χ4n) is 6.19. The van der Waals surface area contributed by atoms with E-state index < -0.39 is 9.84 Å². The van der Waals surface area contributed by atoms with Crippen molar-refractivity contribution in [3.05, 3.63) is 47.8 Å². The third kappa shape index (κ3) is 5.46. The van der Waals surface area contributed by atoms with Gasteiger partial charge in [0, 0.05) is 44.7 Å². The molecule has 5 rings (SSSR count). The summed E-state index contributed by atoms with van der Waals surface area (Å²) in [5.74, 6) is 0.624. The number of aromatic nitrogens is 2. The molecule has 0 amide bonds. The maximum atomic E-state index is 15.5. The molecule has 2 aliphatic heterocycles. The number of likely N-dealkylation sites (tertiary alicyclic amines) is 1. The van der Waals surface area contributed by atoms with E-state index in [1.54, 1.807) is 49.1 Å². The van der Waals surface area contributed by atoms with Crippen LogP contribution in [0.15, 0.2) is 41.3 Å². The highest BCUT2D eigenvalue weighted by Crippen LogP contribution is 2.37. The van der Waals surface area contributed by atoms with Gasteiger partial charge in [0.05, 0.1) is 10.4 Å². The molecular weight excluding hydrogens is 491 g/mol. The molecule has 0 radical (unpaired) electrons. The molecule has 1 unspecified atom stereocenters. The Balaban J connectivity index is 1.42. The predicted octanol–water partition coefficient (Wildman–Crippen LogP) is 4.12. The number of hydrogen-bond acceptors (Lipinski definition) is 6. The Labute approximate surface area is 218 Å². The Hall–Kier alpha value is -2.33. The number of nitrogens with zero attached hydrogens (tertiary/aromatic N) is 3. The van der Waals surface area contributed by atoms with Gasteiger partial charge in [0.25, 0.3) is 0 Å². The molecule has 7 nitrogen and oxygen atoms in total. The largest absolute Gasteiger partial charge is 0.385 e. The summed E-state index contributed by atoms with van der Waals surface area (Å²) in [6.45, 7) is 3.89.